The van der Waals surface area contributed by atoms with Crippen LogP contribution in [0, 0.1) is 13.8 Å². The maximum Gasteiger partial charge on any atom is 0.101 e. The van der Waals surface area contributed by atoms with Gasteiger partial charge in [-0.1, -0.05) is 72.3 Å². The standard InChI is InChI=1S/C22H18N2/c1-15-11-12-16(2)17(13-15)14-23-24-22-20-9-5-3-7-18(20)19-8-4-6-10-21(19)22/h3-14H,1-2H3/b23-14+. The van der Waals surface area contributed by atoms with E-state index < -0.39 is 0 Å². The number of rotatable bonds is 2. The Hall–Kier alpha value is -3.00. The summed E-state index contributed by atoms with van der Waals surface area (Å²) in [6.07, 6.45) is 1.85. The molecule has 0 atom stereocenters. The van der Waals surface area contributed by atoms with Crippen LogP contribution in [0.15, 0.2) is 76.9 Å². The molecule has 0 fully saturated rings. The highest BCUT2D eigenvalue weighted by atomic mass is 15.2. The van der Waals surface area contributed by atoms with Gasteiger partial charge in [-0.3, -0.25) is 0 Å². The van der Waals surface area contributed by atoms with Crippen molar-refractivity contribution in [3.63, 3.8) is 0 Å². The molecule has 1 aliphatic carbocycles. The van der Waals surface area contributed by atoms with Crippen LogP contribution in [-0.2, 0) is 0 Å². The molecule has 1 aliphatic rings. The SMILES string of the molecule is Cc1ccc(C)c(/C=N/N=C2c3ccccc3-c3ccccc32)c1. The number of benzene rings is 3. The second-order valence-electron chi connectivity index (χ2n) is 6.14. The van der Waals surface area contributed by atoms with E-state index in [0.29, 0.717) is 0 Å². The fraction of sp³-hybridized carbons (Fsp3) is 0.0909. The van der Waals surface area contributed by atoms with E-state index in [9.17, 15) is 0 Å². The Morgan fingerprint density at radius 3 is 1.92 bits per heavy atom. The molecule has 0 unspecified atom stereocenters. The highest BCUT2D eigenvalue weighted by Crippen LogP contribution is 2.36. The van der Waals surface area contributed by atoms with Gasteiger partial charge in [-0.15, -0.1) is 5.10 Å². The lowest BCUT2D eigenvalue weighted by atomic mass is 10.1. The third-order valence-electron chi connectivity index (χ3n) is 4.44. The Morgan fingerprint density at radius 1 is 0.708 bits per heavy atom. The van der Waals surface area contributed by atoms with E-state index in [0.717, 1.165) is 22.4 Å². The third kappa shape index (κ3) is 2.46. The van der Waals surface area contributed by atoms with E-state index in [1.54, 1.807) is 0 Å². The van der Waals surface area contributed by atoms with Gasteiger partial charge in [0.2, 0.25) is 0 Å². The van der Waals surface area contributed by atoms with E-state index in [1.807, 2.05) is 6.21 Å². The average Bonchev–Trinajstić information content (AvgIpc) is 2.93. The van der Waals surface area contributed by atoms with Crippen LogP contribution < -0.4 is 0 Å². The normalized spacial score (nSPS) is 12.3. The first-order valence-corrected chi connectivity index (χ1v) is 8.11. The van der Waals surface area contributed by atoms with Crippen molar-refractivity contribution in [3.05, 3.63) is 94.5 Å². The van der Waals surface area contributed by atoms with Crippen LogP contribution in [0.3, 0.4) is 0 Å². The molecule has 0 saturated carbocycles. The number of hydrogen-bond donors (Lipinski definition) is 0. The van der Waals surface area contributed by atoms with Gasteiger partial charge in [-0.05, 0) is 36.1 Å². The van der Waals surface area contributed by atoms with Gasteiger partial charge in [-0.25, -0.2) is 0 Å². The van der Waals surface area contributed by atoms with Crippen molar-refractivity contribution in [3.8, 4) is 11.1 Å². The molecule has 0 saturated heterocycles. The van der Waals surface area contributed by atoms with Crippen LogP contribution in [-0.4, -0.2) is 11.9 Å². The molecule has 0 radical (unpaired) electrons. The molecule has 116 valence electrons. The summed E-state index contributed by atoms with van der Waals surface area (Å²) in [6, 6.07) is 23.1. The summed E-state index contributed by atoms with van der Waals surface area (Å²) < 4.78 is 0. The molecule has 2 nitrogen and oxygen atoms in total. The second-order valence-corrected chi connectivity index (χ2v) is 6.14. The van der Waals surface area contributed by atoms with Gasteiger partial charge in [0, 0.05) is 11.1 Å². The maximum atomic E-state index is 4.56. The van der Waals surface area contributed by atoms with Crippen LogP contribution in [0.25, 0.3) is 11.1 Å². The molecule has 0 aromatic heterocycles. The van der Waals surface area contributed by atoms with Gasteiger partial charge in [-0.2, -0.15) is 5.10 Å². The Bertz CT molecular complexity index is 933. The van der Waals surface area contributed by atoms with E-state index in [2.05, 4.69) is 90.8 Å². The van der Waals surface area contributed by atoms with Gasteiger partial charge < -0.3 is 0 Å². The lowest BCUT2D eigenvalue weighted by Crippen LogP contribution is -1.97. The zero-order chi connectivity index (χ0) is 16.5. The highest BCUT2D eigenvalue weighted by molar-refractivity contribution is 6.24. The number of aryl methyl sites for hydroxylation is 2. The monoisotopic (exact) mass is 310 g/mol. The lowest BCUT2D eigenvalue weighted by molar-refractivity contribution is 1.24. The van der Waals surface area contributed by atoms with Crippen LogP contribution in [0.4, 0.5) is 0 Å². The predicted molar refractivity (Wildman–Crippen MR) is 101 cm³/mol. The minimum atomic E-state index is 0.947. The largest absolute Gasteiger partial charge is 0.158 e. The number of nitrogens with zero attached hydrogens (tertiary/aromatic N) is 2. The molecular weight excluding hydrogens is 292 g/mol. The number of hydrogen-bond acceptors (Lipinski definition) is 2. The Labute approximate surface area is 142 Å². The molecule has 3 aromatic carbocycles. The van der Waals surface area contributed by atoms with Crippen molar-refractivity contribution < 1.29 is 0 Å². The molecule has 2 heteroatoms. The van der Waals surface area contributed by atoms with Crippen molar-refractivity contribution in [2.24, 2.45) is 10.2 Å². The summed E-state index contributed by atoms with van der Waals surface area (Å²) >= 11 is 0. The van der Waals surface area contributed by atoms with E-state index in [4.69, 9.17) is 0 Å². The van der Waals surface area contributed by atoms with Crippen molar-refractivity contribution >= 4 is 11.9 Å². The molecule has 0 spiro atoms. The molecule has 0 aliphatic heterocycles. The van der Waals surface area contributed by atoms with Gasteiger partial charge in [0.1, 0.15) is 5.71 Å². The van der Waals surface area contributed by atoms with E-state index in [-0.39, 0.29) is 0 Å². The van der Waals surface area contributed by atoms with E-state index in [1.165, 1.54) is 22.3 Å². The molecule has 4 rings (SSSR count). The lowest BCUT2D eigenvalue weighted by Gasteiger charge is -2.01. The molecule has 0 amide bonds. The third-order valence-corrected chi connectivity index (χ3v) is 4.44. The van der Waals surface area contributed by atoms with Gasteiger partial charge in [0.05, 0.1) is 6.21 Å². The van der Waals surface area contributed by atoms with Crippen molar-refractivity contribution in [2.75, 3.05) is 0 Å². The van der Waals surface area contributed by atoms with Gasteiger partial charge in [0.15, 0.2) is 0 Å². The Morgan fingerprint density at radius 2 is 1.29 bits per heavy atom. The zero-order valence-corrected chi connectivity index (χ0v) is 13.8. The fourth-order valence-corrected chi connectivity index (χ4v) is 3.15. The molecule has 3 aromatic rings. The molecule has 0 bridgehead atoms. The second kappa shape index (κ2) is 5.89. The zero-order valence-electron chi connectivity index (χ0n) is 13.8. The highest BCUT2D eigenvalue weighted by Gasteiger charge is 2.23. The minimum Gasteiger partial charge on any atom is -0.158 e. The maximum absolute atomic E-state index is 4.56. The summed E-state index contributed by atoms with van der Waals surface area (Å²) in [6.45, 7) is 4.18. The summed E-state index contributed by atoms with van der Waals surface area (Å²) in [5.41, 5.74) is 9.25. The van der Waals surface area contributed by atoms with Crippen molar-refractivity contribution in [2.45, 2.75) is 13.8 Å². The summed E-state index contributed by atoms with van der Waals surface area (Å²) in [5.74, 6) is 0. The fourth-order valence-electron chi connectivity index (χ4n) is 3.15. The quantitative estimate of drug-likeness (QED) is 0.361. The van der Waals surface area contributed by atoms with Crippen molar-refractivity contribution in [1.82, 2.24) is 0 Å². The Balaban J connectivity index is 1.77. The number of fused-ring (bicyclic) bond motifs is 3. The summed E-state index contributed by atoms with van der Waals surface area (Å²) in [5, 5.41) is 8.94. The van der Waals surface area contributed by atoms with E-state index >= 15 is 0 Å². The summed E-state index contributed by atoms with van der Waals surface area (Å²) in [7, 11) is 0. The molecular formula is C22H18N2. The Kier molecular flexibility index (Phi) is 3.58. The van der Waals surface area contributed by atoms with Gasteiger partial charge in [0.25, 0.3) is 0 Å². The first kappa shape index (κ1) is 14.6. The average molecular weight is 310 g/mol. The molecule has 0 N–H and O–H groups in total. The first-order valence-electron chi connectivity index (χ1n) is 8.11. The first-order chi connectivity index (χ1) is 11.7. The minimum absolute atomic E-state index is 0.947. The van der Waals surface area contributed by atoms with Crippen molar-refractivity contribution in [1.29, 1.82) is 0 Å². The molecule has 0 heterocycles. The molecule has 24 heavy (non-hydrogen) atoms. The topological polar surface area (TPSA) is 24.7 Å². The van der Waals surface area contributed by atoms with Crippen LogP contribution in [0.2, 0.25) is 0 Å². The van der Waals surface area contributed by atoms with Gasteiger partial charge >= 0.3 is 0 Å². The summed E-state index contributed by atoms with van der Waals surface area (Å²) in [4.78, 5) is 0. The van der Waals surface area contributed by atoms with Crippen LogP contribution >= 0.6 is 0 Å². The smallest absolute Gasteiger partial charge is 0.101 e. The predicted octanol–water partition coefficient (Wildman–Crippen LogP) is 5.16. The van der Waals surface area contributed by atoms with Crippen LogP contribution in [0.5, 0.6) is 0 Å². The van der Waals surface area contributed by atoms with Crippen LogP contribution in [0.1, 0.15) is 27.8 Å².